The number of morpholine rings is 1. The molecule has 0 aromatic heterocycles. The van der Waals surface area contributed by atoms with Gasteiger partial charge in [0.25, 0.3) is 0 Å². The molecule has 0 spiro atoms. The van der Waals surface area contributed by atoms with E-state index >= 15 is 0 Å². The number of carbonyl (C=O) groups excluding carboxylic acids is 2. The van der Waals surface area contributed by atoms with Gasteiger partial charge in [0.2, 0.25) is 11.8 Å². The fraction of sp³-hybridized carbons (Fsp3) is 0.889. The molecule has 24 heavy (non-hydrogen) atoms. The van der Waals surface area contributed by atoms with Crippen molar-refractivity contribution in [3.8, 4) is 0 Å². The van der Waals surface area contributed by atoms with Gasteiger partial charge in [-0.25, -0.2) is 0 Å². The van der Waals surface area contributed by atoms with Gasteiger partial charge in [-0.05, 0) is 39.5 Å². The summed E-state index contributed by atoms with van der Waals surface area (Å²) in [6.45, 7) is 9.11. The second-order valence-corrected chi connectivity index (χ2v) is 7.68. The number of ether oxygens (including phenoxy) is 1. The zero-order valence-electron chi connectivity index (χ0n) is 15.0. The minimum atomic E-state index is 0.0655. The molecular formula is C18H31N3O3. The molecule has 136 valence electrons. The highest BCUT2D eigenvalue weighted by Gasteiger charge is 2.35. The van der Waals surface area contributed by atoms with Gasteiger partial charge in [-0.3, -0.25) is 14.5 Å². The number of likely N-dealkylation sites (tertiary alicyclic amines) is 1. The minimum absolute atomic E-state index is 0.0655. The maximum absolute atomic E-state index is 12.3. The number of amides is 2. The van der Waals surface area contributed by atoms with Crippen LogP contribution in [0.3, 0.4) is 0 Å². The van der Waals surface area contributed by atoms with Gasteiger partial charge in [0.05, 0.1) is 12.2 Å². The average molecular weight is 337 g/mol. The lowest BCUT2D eigenvalue weighted by molar-refractivity contribution is -0.136. The quantitative estimate of drug-likeness (QED) is 0.808. The van der Waals surface area contributed by atoms with Crippen LogP contribution in [0, 0.1) is 11.8 Å². The standard InChI is InChI=1S/C18H31N3O3/c1-13-11-20(12-14(2)24-13)10-7-19-17(22)15-5-8-21(9-6-15)18(23)16-3-4-16/h13-16H,3-12H2,1-2H3,(H,19,22)/t13-,14-/m0/s1. The number of rotatable bonds is 5. The molecule has 2 aliphatic heterocycles. The summed E-state index contributed by atoms with van der Waals surface area (Å²) in [6, 6.07) is 0. The largest absolute Gasteiger partial charge is 0.373 e. The Labute approximate surface area is 144 Å². The van der Waals surface area contributed by atoms with Crippen LogP contribution in [-0.4, -0.2) is 73.1 Å². The lowest BCUT2D eigenvalue weighted by atomic mass is 9.95. The molecule has 1 saturated carbocycles. The zero-order chi connectivity index (χ0) is 17.1. The summed E-state index contributed by atoms with van der Waals surface area (Å²) < 4.78 is 5.73. The van der Waals surface area contributed by atoms with E-state index in [0.717, 1.165) is 58.4 Å². The lowest BCUT2D eigenvalue weighted by Crippen LogP contribution is -2.49. The summed E-state index contributed by atoms with van der Waals surface area (Å²) in [6.07, 6.45) is 4.23. The van der Waals surface area contributed by atoms with E-state index in [1.54, 1.807) is 0 Å². The van der Waals surface area contributed by atoms with Crippen LogP contribution < -0.4 is 5.32 Å². The third kappa shape index (κ3) is 4.70. The Hall–Kier alpha value is -1.14. The van der Waals surface area contributed by atoms with Crippen molar-refractivity contribution in [3.63, 3.8) is 0 Å². The van der Waals surface area contributed by atoms with Crippen molar-refractivity contribution in [2.75, 3.05) is 39.3 Å². The fourth-order valence-electron chi connectivity index (χ4n) is 3.90. The SMILES string of the molecule is C[C@H]1CN(CCNC(=O)C2CCN(C(=O)C3CC3)CC2)C[C@H](C)O1. The van der Waals surface area contributed by atoms with Crippen LogP contribution in [0.25, 0.3) is 0 Å². The van der Waals surface area contributed by atoms with Crippen molar-refractivity contribution in [2.45, 2.75) is 51.7 Å². The third-order valence-corrected chi connectivity index (χ3v) is 5.33. The van der Waals surface area contributed by atoms with E-state index in [2.05, 4.69) is 24.1 Å². The molecule has 2 amide bonds. The third-order valence-electron chi connectivity index (χ3n) is 5.33. The van der Waals surface area contributed by atoms with Crippen LogP contribution in [0.1, 0.15) is 39.5 Å². The van der Waals surface area contributed by atoms with Crippen molar-refractivity contribution in [2.24, 2.45) is 11.8 Å². The first-order valence-corrected chi connectivity index (χ1v) is 9.47. The Morgan fingerprint density at radius 3 is 2.21 bits per heavy atom. The molecule has 1 aliphatic carbocycles. The summed E-state index contributed by atoms with van der Waals surface area (Å²) in [5, 5.41) is 3.08. The van der Waals surface area contributed by atoms with Crippen molar-refractivity contribution in [1.82, 2.24) is 15.1 Å². The maximum Gasteiger partial charge on any atom is 0.225 e. The van der Waals surface area contributed by atoms with Gasteiger partial charge in [0.15, 0.2) is 0 Å². The average Bonchev–Trinajstić information content (AvgIpc) is 3.38. The van der Waals surface area contributed by atoms with E-state index < -0.39 is 0 Å². The summed E-state index contributed by atoms with van der Waals surface area (Å²) in [5.41, 5.74) is 0. The van der Waals surface area contributed by atoms with Crippen molar-refractivity contribution < 1.29 is 14.3 Å². The summed E-state index contributed by atoms with van der Waals surface area (Å²) in [5.74, 6) is 0.816. The Kier molecular flexibility index (Phi) is 5.76. The highest BCUT2D eigenvalue weighted by Crippen LogP contribution is 2.32. The maximum atomic E-state index is 12.3. The molecule has 0 aromatic carbocycles. The summed E-state index contributed by atoms with van der Waals surface area (Å²) >= 11 is 0. The van der Waals surface area contributed by atoms with Gasteiger partial charge in [-0.1, -0.05) is 0 Å². The van der Waals surface area contributed by atoms with Crippen molar-refractivity contribution in [3.05, 3.63) is 0 Å². The molecule has 2 atom stereocenters. The molecule has 0 radical (unpaired) electrons. The number of nitrogens with one attached hydrogen (secondary N) is 1. The smallest absolute Gasteiger partial charge is 0.225 e. The Morgan fingerprint density at radius 1 is 1.00 bits per heavy atom. The van der Waals surface area contributed by atoms with E-state index in [4.69, 9.17) is 4.74 Å². The predicted molar refractivity (Wildman–Crippen MR) is 91.5 cm³/mol. The molecule has 3 rings (SSSR count). The molecule has 0 aromatic rings. The molecule has 6 nitrogen and oxygen atoms in total. The van der Waals surface area contributed by atoms with Crippen LogP contribution in [0.2, 0.25) is 0 Å². The van der Waals surface area contributed by atoms with Crippen LogP contribution >= 0.6 is 0 Å². The number of carbonyl (C=O) groups is 2. The molecule has 3 fully saturated rings. The highest BCUT2D eigenvalue weighted by molar-refractivity contribution is 5.82. The summed E-state index contributed by atoms with van der Waals surface area (Å²) in [4.78, 5) is 28.7. The molecule has 0 bridgehead atoms. The first-order valence-electron chi connectivity index (χ1n) is 9.47. The molecular weight excluding hydrogens is 306 g/mol. The molecule has 3 aliphatic rings. The van der Waals surface area contributed by atoms with E-state index in [0.29, 0.717) is 12.5 Å². The molecule has 1 N–H and O–H groups in total. The van der Waals surface area contributed by atoms with Crippen molar-refractivity contribution in [1.29, 1.82) is 0 Å². The van der Waals surface area contributed by atoms with E-state index in [1.165, 1.54) is 0 Å². The number of nitrogens with zero attached hydrogens (tertiary/aromatic N) is 2. The number of piperidine rings is 1. The molecule has 6 heteroatoms. The van der Waals surface area contributed by atoms with Crippen LogP contribution in [0.5, 0.6) is 0 Å². The van der Waals surface area contributed by atoms with Gasteiger partial charge in [0, 0.05) is 51.1 Å². The van der Waals surface area contributed by atoms with Gasteiger partial charge in [-0.2, -0.15) is 0 Å². The second kappa shape index (κ2) is 7.83. The van der Waals surface area contributed by atoms with Crippen LogP contribution in [0.15, 0.2) is 0 Å². The number of hydrogen-bond acceptors (Lipinski definition) is 4. The fourth-order valence-corrected chi connectivity index (χ4v) is 3.90. The van der Waals surface area contributed by atoms with Gasteiger partial charge in [-0.15, -0.1) is 0 Å². The monoisotopic (exact) mass is 337 g/mol. The first kappa shape index (κ1) is 17.7. The van der Waals surface area contributed by atoms with E-state index in [9.17, 15) is 9.59 Å². The van der Waals surface area contributed by atoms with Crippen molar-refractivity contribution >= 4 is 11.8 Å². The first-order chi connectivity index (χ1) is 11.5. The van der Waals surface area contributed by atoms with Crippen LogP contribution in [0.4, 0.5) is 0 Å². The van der Waals surface area contributed by atoms with E-state index in [1.807, 2.05) is 4.90 Å². The summed E-state index contributed by atoms with van der Waals surface area (Å²) in [7, 11) is 0. The van der Waals surface area contributed by atoms with Gasteiger partial charge in [0.1, 0.15) is 0 Å². The normalized spacial score (nSPS) is 29.5. The molecule has 2 saturated heterocycles. The Morgan fingerprint density at radius 2 is 1.62 bits per heavy atom. The lowest BCUT2D eigenvalue weighted by Gasteiger charge is -2.35. The van der Waals surface area contributed by atoms with Gasteiger partial charge < -0.3 is 15.0 Å². The Bertz CT molecular complexity index is 448. The minimum Gasteiger partial charge on any atom is -0.373 e. The Balaban J connectivity index is 1.33. The molecule has 2 heterocycles. The van der Waals surface area contributed by atoms with E-state index in [-0.39, 0.29) is 30.0 Å². The highest BCUT2D eigenvalue weighted by atomic mass is 16.5. The topological polar surface area (TPSA) is 61.9 Å². The van der Waals surface area contributed by atoms with Crippen LogP contribution in [-0.2, 0) is 14.3 Å². The van der Waals surface area contributed by atoms with Gasteiger partial charge >= 0.3 is 0 Å². The zero-order valence-corrected chi connectivity index (χ0v) is 15.0. The number of hydrogen-bond donors (Lipinski definition) is 1. The molecule has 0 unspecified atom stereocenters. The predicted octanol–water partition coefficient (Wildman–Crippen LogP) is 0.860. The second-order valence-electron chi connectivity index (χ2n) is 7.68.